The van der Waals surface area contributed by atoms with Crippen LogP contribution in [0.4, 0.5) is 17.1 Å². The Balaban J connectivity index is 1.17. The summed E-state index contributed by atoms with van der Waals surface area (Å²) in [5.74, 6) is 0. The first kappa shape index (κ1) is 31.2. The van der Waals surface area contributed by atoms with E-state index in [1.807, 2.05) is 0 Å². The van der Waals surface area contributed by atoms with Gasteiger partial charge in [0.2, 0.25) is 0 Å². The monoisotopic (exact) mass is 703 g/mol. The van der Waals surface area contributed by atoms with Crippen molar-refractivity contribution < 1.29 is 0 Å². The molecule has 0 amide bonds. The van der Waals surface area contributed by atoms with E-state index in [-0.39, 0.29) is 5.41 Å². The number of rotatable bonds is 5. The maximum atomic E-state index is 2.61. The van der Waals surface area contributed by atoms with Gasteiger partial charge in [-0.1, -0.05) is 146 Å². The molecule has 0 aromatic heterocycles. The van der Waals surface area contributed by atoms with E-state index in [9.17, 15) is 0 Å². The molecule has 3 aliphatic carbocycles. The minimum atomic E-state index is 0.0418. The summed E-state index contributed by atoms with van der Waals surface area (Å²) < 4.78 is 0. The van der Waals surface area contributed by atoms with E-state index in [0.29, 0.717) is 0 Å². The van der Waals surface area contributed by atoms with Crippen LogP contribution in [0.5, 0.6) is 0 Å². The third-order valence-electron chi connectivity index (χ3n) is 13.5. The predicted octanol–water partition coefficient (Wildman–Crippen LogP) is 14.7. The molecule has 1 fully saturated rings. The summed E-state index contributed by atoms with van der Waals surface area (Å²) >= 11 is 0. The van der Waals surface area contributed by atoms with Crippen LogP contribution in [0.25, 0.3) is 65.7 Å². The van der Waals surface area contributed by atoms with E-state index in [2.05, 4.69) is 169 Å². The van der Waals surface area contributed by atoms with Gasteiger partial charge >= 0.3 is 0 Å². The summed E-state index contributed by atoms with van der Waals surface area (Å²) in [5, 5.41) is 7.87. The van der Waals surface area contributed by atoms with Crippen molar-refractivity contribution in [3.05, 3.63) is 186 Å². The second kappa shape index (κ2) is 11.9. The fraction of sp³-hybridized carbons (Fsp3) is 0.148. The molecule has 0 atom stereocenters. The summed E-state index contributed by atoms with van der Waals surface area (Å²) in [5.41, 5.74) is 18.0. The van der Waals surface area contributed by atoms with Gasteiger partial charge in [-0.25, -0.2) is 0 Å². The molecule has 0 bridgehead atoms. The fourth-order valence-electron chi connectivity index (χ4n) is 11.1. The standard InChI is InChI=1S/C54H41N/c1-2-11-35(12-3-1)36-23-27-41(28-24-36)55(50-30-26-40-22-21-38-15-8-16-39-25-29-46(50)52(40)51(38)39)42-33-47(44-19-10-14-37-13-9-18-43(37)44)53-45-17-4-5-20-48(45)54(49(53)34-42)31-6-7-32-54/h1-5,8,10-12,14-17,19-30,33-34H,6-7,9,13,18,31-32H2. The highest BCUT2D eigenvalue weighted by Crippen LogP contribution is 2.61. The number of aryl methyl sites for hydroxylation is 1. The highest BCUT2D eigenvalue weighted by molar-refractivity contribution is 6.25. The zero-order valence-electron chi connectivity index (χ0n) is 31.0. The lowest BCUT2D eigenvalue weighted by Crippen LogP contribution is -2.21. The van der Waals surface area contributed by atoms with Gasteiger partial charge in [-0.15, -0.1) is 0 Å². The maximum Gasteiger partial charge on any atom is 0.0540 e. The van der Waals surface area contributed by atoms with Crippen LogP contribution in [0.1, 0.15) is 54.4 Å². The van der Waals surface area contributed by atoms with Crippen LogP contribution in [-0.4, -0.2) is 0 Å². The molecule has 0 heterocycles. The average molecular weight is 704 g/mol. The van der Waals surface area contributed by atoms with Crippen molar-refractivity contribution in [1.29, 1.82) is 0 Å². The topological polar surface area (TPSA) is 3.24 Å². The van der Waals surface area contributed by atoms with Crippen LogP contribution in [0.2, 0.25) is 0 Å². The van der Waals surface area contributed by atoms with Crippen LogP contribution >= 0.6 is 0 Å². The van der Waals surface area contributed by atoms with Gasteiger partial charge < -0.3 is 4.90 Å². The van der Waals surface area contributed by atoms with Gasteiger partial charge in [-0.3, -0.25) is 0 Å². The Morgan fingerprint density at radius 2 is 1.13 bits per heavy atom. The molecular weight excluding hydrogens is 663 g/mol. The number of hydrogen-bond donors (Lipinski definition) is 0. The molecule has 262 valence electrons. The van der Waals surface area contributed by atoms with Gasteiger partial charge in [0, 0.05) is 22.2 Å². The van der Waals surface area contributed by atoms with Crippen LogP contribution in [0.15, 0.2) is 164 Å². The lowest BCUT2D eigenvalue weighted by atomic mass is 9.76. The summed E-state index contributed by atoms with van der Waals surface area (Å²) in [7, 11) is 0. The first-order valence-corrected chi connectivity index (χ1v) is 20.3. The van der Waals surface area contributed by atoms with Crippen LogP contribution in [-0.2, 0) is 18.3 Å². The number of nitrogens with zero attached hydrogens (tertiary/aromatic N) is 1. The van der Waals surface area contributed by atoms with E-state index < -0.39 is 0 Å². The first-order valence-electron chi connectivity index (χ1n) is 20.3. The van der Waals surface area contributed by atoms with Gasteiger partial charge in [0.25, 0.3) is 0 Å². The molecule has 3 aliphatic rings. The Morgan fingerprint density at radius 1 is 0.436 bits per heavy atom. The highest BCUT2D eigenvalue weighted by Gasteiger charge is 2.46. The summed E-state index contributed by atoms with van der Waals surface area (Å²) in [6, 6.07) is 62.4. The lowest BCUT2D eigenvalue weighted by Gasteiger charge is -2.32. The number of fused-ring (bicyclic) bond motifs is 6. The second-order valence-corrected chi connectivity index (χ2v) is 16.2. The third-order valence-corrected chi connectivity index (χ3v) is 13.5. The molecule has 0 N–H and O–H groups in total. The summed E-state index contributed by atoms with van der Waals surface area (Å²) in [6.45, 7) is 0. The lowest BCUT2D eigenvalue weighted by molar-refractivity contribution is 0.550. The molecule has 1 heteroatoms. The van der Waals surface area contributed by atoms with E-state index in [1.165, 1.54) is 138 Å². The molecule has 1 saturated carbocycles. The fourth-order valence-corrected chi connectivity index (χ4v) is 11.1. The molecule has 0 radical (unpaired) electrons. The van der Waals surface area contributed by atoms with E-state index in [4.69, 9.17) is 0 Å². The van der Waals surface area contributed by atoms with E-state index in [1.54, 1.807) is 5.56 Å². The van der Waals surface area contributed by atoms with Gasteiger partial charge in [-0.2, -0.15) is 0 Å². The van der Waals surface area contributed by atoms with Crippen LogP contribution in [0.3, 0.4) is 0 Å². The Bertz CT molecular complexity index is 2930. The molecular formula is C54H41N. The third kappa shape index (κ3) is 4.53. The molecule has 12 rings (SSSR count). The minimum absolute atomic E-state index is 0.0418. The van der Waals surface area contributed by atoms with E-state index >= 15 is 0 Å². The Hall–Kier alpha value is -6.18. The normalized spacial score (nSPS) is 15.3. The smallest absolute Gasteiger partial charge is 0.0540 e. The Labute approximate surface area is 322 Å². The largest absolute Gasteiger partial charge is 0.310 e. The second-order valence-electron chi connectivity index (χ2n) is 16.2. The Kier molecular flexibility index (Phi) is 6.76. The number of benzene rings is 9. The zero-order chi connectivity index (χ0) is 36.1. The van der Waals surface area contributed by atoms with Crippen molar-refractivity contribution in [1.82, 2.24) is 0 Å². The van der Waals surface area contributed by atoms with Crippen molar-refractivity contribution in [2.24, 2.45) is 0 Å². The molecule has 0 aliphatic heterocycles. The van der Waals surface area contributed by atoms with Crippen LogP contribution in [0, 0.1) is 0 Å². The van der Waals surface area contributed by atoms with Crippen LogP contribution < -0.4 is 4.90 Å². The van der Waals surface area contributed by atoms with Gasteiger partial charge in [-0.05, 0) is 145 Å². The van der Waals surface area contributed by atoms with Gasteiger partial charge in [0.05, 0.1) is 5.69 Å². The molecule has 9 aromatic rings. The molecule has 9 aromatic carbocycles. The van der Waals surface area contributed by atoms with Crippen molar-refractivity contribution in [2.75, 3.05) is 4.90 Å². The summed E-state index contributed by atoms with van der Waals surface area (Å²) in [4.78, 5) is 2.58. The van der Waals surface area contributed by atoms with Crippen molar-refractivity contribution in [3.8, 4) is 33.4 Å². The quantitative estimate of drug-likeness (QED) is 0.161. The Morgan fingerprint density at radius 3 is 1.96 bits per heavy atom. The first-order chi connectivity index (χ1) is 27.2. The zero-order valence-corrected chi connectivity index (χ0v) is 31.0. The SMILES string of the molecule is c1ccc(-c2ccc(N(c3cc(-c4cccc5c4CCC5)c4c(c3)C3(CCCC3)c3ccccc3-4)c3ccc4ccc5cccc6ccc3c4c56)cc2)cc1. The number of hydrogen-bond acceptors (Lipinski definition) is 1. The maximum absolute atomic E-state index is 2.61. The minimum Gasteiger partial charge on any atom is -0.310 e. The predicted molar refractivity (Wildman–Crippen MR) is 232 cm³/mol. The average Bonchev–Trinajstić information content (AvgIpc) is 4.01. The van der Waals surface area contributed by atoms with Crippen molar-refractivity contribution in [3.63, 3.8) is 0 Å². The molecule has 0 unspecified atom stereocenters. The van der Waals surface area contributed by atoms with Gasteiger partial charge in [0.15, 0.2) is 0 Å². The van der Waals surface area contributed by atoms with E-state index in [0.717, 1.165) is 6.42 Å². The van der Waals surface area contributed by atoms with Crippen molar-refractivity contribution in [2.45, 2.75) is 50.4 Å². The highest BCUT2D eigenvalue weighted by atomic mass is 15.1. The van der Waals surface area contributed by atoms with Crippen molar-refractivity contribution >= 4 is 49.4 Å². The molecule has 1 spiro atoms. The summed E-state index contributed by atoms with van der Waals surface area (Å²) in [6.07, 6.45) is 8.51. The number of anilines is 3. The molecule has 1 nitrogen and oxygen atoms in total. The van der Waals surface area contributed by atoms with Gasteiger partial charge in [0.1, 0.15) is 0 Å². The molecule has 55 heavy (non-hydrogen) atoms. The molecule has 0 saturated heterocycles.